The molecule has 9 heteroatoms. The number of carbonyl (C=O) groups excluding carboxylic acids is 1. The van der Waals surface area contributed by atoms with Crippen LogP contribution in [-0.4, -0.2) is 60.2 Å². The summed E-state index contributed by atoms with van der Waals surface area (Å²) < 4.78 is 0. The van der Waals surface area contributed by atoms with E-state index in [9.17, 15) is 4.79 Å². The first kappa shape index (κ1) is 20.2. The van der Waals surface area contributed by atoms with Gasteiger partial charge in [-0.3, -0.25) is 4.79 Å². The molecule has 4 heterocycles. The van der Waals surface area contributed by atoms with Crippen LogP contribution in [0.1, 0.15) is 22.8 Å². The van der Waals surface area contributed by atoms with Crippen molar-refractivity contribution >= 4 is 34.5 Å². The van der Waals surface area contributed by atoms with Gasteiger partial charge in [0, 0.05) is 49.5 Å². The van der Waals surface area contributed by atoms with Gasteiger partial charge in [0.15, 0.2) is 0 Å². The summed E-state index contributed by atoms with van der Waals surface area (Å²) in [7, 11) is 2.11. The fourth-order valence-corrected chi connectivity index (χ4v) is 3.90. The number of fused-ring (bicyclic) bond motifs is 1. The van der Waals surface area contributed by atoms with E-state index < -0.39 is 5.54 Å². The Balaban J connectivity index is 1.36. The van der Waals surface area contributed by atoms with Crippen molar-refractivity contribution in [1.82, 2.24) is 14.9 Å². The van der Waals surface area contributed by atoms with E-state index in [-0.39, 0.29) is 5.91 Å². The number of hydrogen-bond donors (Lipinski definition) is 1. The van der Waals surface area contributed by atoms with Gasteiger partial charge in [0.25, 0.3) is 5.91 Å². The minimum atomic E-state index is -0.572. The summed E-state index contributed by atoms with van der Waals surface area (Å²) in [5, 5.41) is 16.7. The van der Waals surface area contributed by atoms with Crippen LogP contribution in [0.25, 0.3) is 10.8 Å². The zero-order chi connectivity index (χ0) is 22.1. The van der Waals surface area contributed by atoms with Crippen molar-refractivity contribution in [3.8, 4) is 0 Å². The number of benzene rings is 1. The van der Waals surface area contributed by atoms with Gasteiger partial charge in [0.05, 0.1) is 6.21 Å². The second-order valence-electron chi connectivity index (χ2n) is 8.36. The zero-order valence-corrected chi connectivity index (χ0v) is 18.1. The largest absolute Gasteiger partial charge is 0.354 e. The van der Waals surface area contributed by atoms with E-state index in [1.54, 1.807) is 24.7 Å². The number of anilines is 2. The monoisotopic (exact) mass is 428 g/mol. The van der Waals surface area contributed by atoms with Crippen LogP contribution in [-0.2, 0) is 5.54 Å². The minimum Gasteiger partial charge on any atom is -0.354 e. The first-order valence-corrected chi connectivity index (χ1v) is 10.6. The molecule has 1 N–H and O–H groups in total. The molecule has 2 aliphatic rings. The van der Waals surface area contributed by atoms with E-state index in [1.807, 2.05) is 37.3 Å². The Morgan fingerprint density at radius 2 is 1.88 bits per heavy atom. The number of hydrogen-bond acceptors (Lipinski definition) is 8. The van der Waals surface area contributed by atoms with Gasteiger partial charge in [-0.05, 0) is 54.4 Å². The molecule has 0 bridgehead atoms. The number of amides is 1. The van der Waals surface area contributed by atoms with E-state index in [0.29, 0.717) is 11.4 Å². The van der Waals surface area contributed by atoms with E-state index in [0.717, 1.165) is 48.3 Å². The number of aromatic nitrogens is 2. The quantitative estimate of drug-likeness (QED) is 0.687. The minimum absolute atomic E-state index is 0.213. The third-order valence-corrected chi connectivity index (χ3v) is 6.00. The molecule has 162 valence electrons. The molecule has 2 aliphatic heterocycles. The van der Waals surface area contributed by atoms with E-state index in [4.69, 9.17) is 0 Å². The Hall–Kier alpha value is -3.72. The summed E-state index contributed by atoms with van der Waals surface area (Å²) >= 11 is 0. The molecule has 9 nitrogen and oxygen atoms in total. The molecule has 0 aliphatic carbocycles. The second kappa shape index (κ2) is 8.08. The lowest BCUT2D eigenvalue weighted by atomic mass is 9.93. The number of rotatable bonds is 4. The number of carbonyl (C=O) groups is 1. The smallest absolute Gasteiger partial charge is 0.257 e. The van der Waals surface area contributed by atoms with Crippen LogP contribution in [0.4, 0.5) is 11.6 Å². The van der Waals surface area contributed by atoms with Crippen LogP contribution in [0.3, 0.4) is 0 Å². The lowest BCUT2D eigenvalue weighted by Crippen LogP contribution is -2.44. The van der Waals surface area contributed by atoms with Gasteiger partial charge in [0.2, 0.25) is 0 Å². The highest BCUT2D eigenvalue weighted by atomic mass is 16.1. The van der Waals surface area contributed by atoms with Crippen molar-refractivity contribution in [3.05, 3.63) is 59.9 Å². The Labute approximate surface area is 185 Å². The SMILES string of the molecule is CN1CCN(c2cc(C(=O)Nc3cc4cc(C5(C)C=NN=N5)ccc4cn3)ccn2)CC1. The first-order valence-electron chi connectivity index (χ1n) is 10.6. The maximum absolute atomic E-state index is 12.9. The number of piperazine rings is 1. The Bertz CT molecular complexity index is 1220. The molecule has 1 atom stereocenters. The zero-order valence-electron chi connectivity index (χ0n) is 18.1. The second-order valence-corrected chi connectivity index (χ2v) is 8.36. The fraction of sp³-hybridized carbons (Fsp3) is 0.304. The van der Waals surface area contributed by atoms with Crippen LogP contribution in [0, 0.1) is 0 Å². The maximum atomic E-state index is 12.9. The van der Waals surface area contributed by atoms with Gasteiger partial charge >= 0.3 is 0 Å². The van der Waals surface area contributed by atoms with Gasteiger partial charge in [0.1, 0.15) is 17.2 Å². The van der Waals surface area contributed by atoms with Crippen LogP contribution in [0.2, 0.25) is 0 Å². The lowest BCUT2D eigenvalue weighted by Gasteiger charge is -2.33. The Morgan fingerprint density at radius 3 is 2.66 bits per heavy atom. The Kier molecular flexibility index (Phi) is 5.10. The van der Waals surface area contributed by atoms with Crippen LogP contribution < -0.4 is 10.2 Å². The summed E-state index contributed by atoms with van der Waals surface area (Å²) in [4.78, 5) is 26.3. The Morgan fingerprint density at radius 1 is 1.03 bits per heavy atom. The first-order chi connectivity index (χ1) is 15.5. The van der Waals surface area contributed by atoms with E-state index in [2.05, 4.69) is 47.6 Å². The molecule has 5 rings (SSSR count). The molecule has 32 heavy (non-hydrogen) atoms. The molecule has 1 unspecified atom stereocenters. The van der Waals surface area contributed by atoms with Gasteiger partial charge in [-0.1, -0.05) is 12.1 Å². The molecular weight excluding hydrogens is 404 g/mol. The summed E-state index contributed by atoms with van der Waals surface area (Å²) in [6.07, 6.45) is 5.16. The highest BCUT2D eigenvalue weighted by Crippen LogP contribution is 2.30. The van der Waals surface area contributed by atoms with Gasteiger partial charge < -0.3 is 15.1 Å². The standard InChI is InChI=1S/C23H24N8O/c1-23(15-26-29-28-23)19-4-3-17-14-25-20(12-18(17)11-19)27-22(32)16-5-6-24-21(13-16)31-9-7-30(2)8-10-31/h3-6,11-15H,7-10H2,1-2H3,(H,25,27,32). The summed E-state index contributed by atoms with van der Waals surface area (Å²) in [5.74, 6) is 1.10. The van der Waals surface area contributed by atoms with Crippen LogP contribution >= 0.6 is 0 Å². The van der Waals surface area contributed by atoms with Crippen molar-refractivity contribution in [1.29, 1.82) is 0 Å². The van der Waals surface area contributed by atoms with Gasteiger partial charge in [-0.15, -0.1) is 5.10 Å². The summed E-state index contributed by atoms with van der Waals surface area (Å²) in [5.41, 5.74) is 0.960. The average molecular weight is 429 g/mol. The van der Waals surface area contributed by atoms with Crippen molar-refractivity contribution < 1.29 is 4.79 Å². The molecule has 1 amide bonds. The van der Waals surface area contributed by atoms with Gasteiger partial charge in [-0.2, -0.15) is 5.11 Å². The lowest BCUT2D eigenvalue weighted by molar-refractivity contribution is 0.102. The molecule has 2 aromatic heterocycles. The van der Waals surface area contributed by atoms with Gasteiger partial charge in [-0.25, -0.2) is 9.97 Å². The number of nitrogens with one attached hydrogen (secondary N) is 1. The van der Waals surface area contributed by atoms with E-state index in [1.165, 1.54) is 0 Å². The maximum Gasteiger partial charge on any atom is 0.257 e. The average Bonchev–Trinajstić information content (AvgIpc) is 3.27. The number of likely N-dealkylation sites (N-methyl/N-ethyl adjacent to an activating group) is 1. The van der Waals surface area contributed by atoms with Crippen molar-refractivity contribution in [2.24, 2.45) is 15.4 Å². The van der Waals surface area contributed by atoms with E-state index >= 15 is 0 Å². The fourth-order valence-electron chi connectivity index (χ4n) is 3.90. The van der Waals surface area contributed by atoms with Crippen molar-refractivity contribution in [2.45, 2.75) is 12.5 Å². The van der Waals surface area contributed by atoms with Crippen LogP contribution in [0.15, 0.2) is 64.2 Å². The van der Waals surface area contributed by atoms with Crippen molar-refractivity contribution in [3.63, 3.8) is 0 Å². The predicted molar refractivity (Wildman–Crippen MR) is 124 cm³/mol. The molecule has 0 spiro atoms. The highest BCUT2D eigenvalue weighted by molar-refractivity contribution is 6.05. The third-order valence-electron chi connectivity index (χ3n) is 6.00. The molecule has 1 saturated heterocycles. The van der Waals surface area contributed by atoms with Crippen LogP contribution in [0.5, 0.6) is 0 Å². The molecular formula is C23H24N8O. The molecule has 1 fully saturated rings. The highest BCUT2D eigenvalue weighted by Gasteiger charge is 2.27. The summed E-state index contributed by atoms with van der Waals surface area (Å²) in [6, 6.07) is 11.4. The van der Waals surface area contributed by atoms with Crippen molar-refractivity contribution in [2.75, 3.05) is 43.4 Å². The molecule has 1 aromatic carbocycles. The number of nitrogens with zero attached hydrogens (tertiary/aromatic N) is 7. The predicted octanol–water partition coefficient (Wildman–Crippen LogP) is 3.30. The summed E-state index contributed by atoms with van der Waals surface area (Å²) in [6.45, 7) is 5.71. The third kappa shape index (κ3) is 3.94. The number of pyridine rings is 2. The topological polar surface area (TPSA) is 98.4 Å². The molecule has 0 saturated carbocycles. The molecule has 0 radical (unpaired) electrons. The molecule has 3 aromatic rings. The normalized spacial score (nSPS) is 20.8.